The number of hydrogen-bond acceptors (Lipinski definition) is 3. The Kier molecular flexibility index (Phi) is 8.83. The first-order chi connectivity index (χ1) is 9.06. The lowest BCUT2D eigenvalue weighted by atomic mass is 10.1. The highest BCUT2D eigenvalue weighted by atomic mass is 127. The zero-order valence-corrected chi connectivity index (χ0v) is 13.7. The Labute approximate surface area is 135 Å². The molecule has 0 fully saturated rings. The quantitative estimate of drug-likeness (QED) is 0.455. The predicted molar refractivity (Wildman–Crippen MR) is 86.3 cm³/mol. The van der Waals surface area contributed by atoms with E-state index in [0.29, 0.717) is 17.7 Å². The molecule has 0 saturated heterocycles. The van der Waals surface area contributed by atoms with Crippen LogP contribution >= 0.6 is 24.0 Å². The summed E-state index contributed by atoms with van der Waals surface area (Å²) in [7, 11) is 1.59. The summed E-state index contributed by atoms with van der Waals surface area (Å²) in [5.74, 6) is -0.188. The zero-order chi connectivity index (χ0) is 14.3. The van der Waals surface area contributed by atoms with Gasteiger partial charge >= 0.3 is 0 Å². The van der Waals surface area contributed by atoms with Crippen LogP contribution in [0.1, 0.15) is 18.1 Å². The Bertz CT molecular complexity index is 502. The highest BCUT2D eigenvalue weighted by Gasteiger charge is 2.05. The van der Waals surface area contributed by atoms with Gasteiger partial charge in [0.2, 0.25) is 0 Å². The Morgan fingerprint density at radius 1 is 1.60 bits per heavy atom. The summed E-state index contributed by atoms with van der Waals surface area (Å²) in [5, 5.41) is 11.7. The Morgan fingerprint density at radius 2 is 2.30 bits per heavy atom. The summed E-state index contributed by atoms with van der Waals surface area (Å²) in [6.45, 7) is 2.47. The fraction of sp³-hybridized carbons (Fsp3) is 0.385. The molecule has 0 aromatic heterocycles. The average Bonchev–Trinajstić information content (AvgIpc) is 2.38. The number of nitriles is 1. The van der Waals surface area contributed by atoms with E-state index in [9.17, 15) is 4.39 Å². The molecule has 1 aromatic rings. The van der Waals surface area contributed by atoms with Crippen LogP contribution in [-0.2, 0) is 11.3 Å². The van der Waals surface area contributed by atoms with Crippen LogP contribution in [0.15, 0.2) is 23.2 Å². The largest absolute Gasteiger partial charge is 0.383 e. The number of benzene rings is 1. The van der Waals surface area contributed by atoms with Crippen LogP contribution in [0.2, 0.25) is 0 Å². The number of nitrogens with zero attached hydrogens (tertiary/aromatic N) is 2. The summed E-state index contributed by atoms with van der Waals surface area (Å²) in [6.07, 6.45) is 0. The molecule has 7 heteroatoms. The van der Waals surface area contributed by atoms with Crippen molar-refractivity contribution < 1.29 is 9.13 Å². The van der Waals surface area contributed by atoms with Crippen molar-refractivity contribution in [3.05, 3.63) is 35.1 Å². The van der Waals surface area contributed by atoms with Crippen LogP contribution in [0.5, 0.6) is 0 Å². The first kappa shape index (κ1) is 18.6. The van der Waals surface area contributed by atoms with Crippen molar-refractivity contribution in [3.8, 4) is 6.07 Å². The van der Waals surface area contributed by atoms with Crippen LogP contribution in [0, 0.1) is 17.1 Å². The van der Waals surface area contributed by atoms with Gasteiger partial charge in [-0.15, -0.1) is 24.0 Å². The molecule has 1 atom stereocenters. The van der Waals surface area contributed by atoms with Gasteiger partial charge in [-0.2, -0.15) is 5.26 Å². The molecule has 0 aliphatic rings. The minimum absolute atomic E-state index is 0. The first-order valence-electron chi connectivity index (χ1n) is 5.80. The van der Waals surface area contributed by atoms with E-state index in [1.807, 2.05) is 13.0 Å². The normalized spacial score (nSPS) is 12.2. The molecule has 1 aromatic carbocycles. The number of methoxy groups -OCH3 is 1. The van der Waals surface area contributed by atoms with E-state index in [1.54, 1.807) is 7.11 Å². The summed E-state index contributed by atoms with van der Waals surface area (Å²) >= 11 is 0. The smallest absolute Gasteiger partial charge is 0.189 e. The fourth-order valence-corrected chi connectivity index (χ4v) is 1.53. The van der Waals surface area contributed by atoms with Gasteiger partial charge in [0.25, 0.3) is 0 Å². The summed E-state index contributed by atoms with van der Waals surface area (Å²) in [4.78, 5) is 4.03. The standard InChI is InChI=1S/C13H17FN4O.HI/c1-9(8-19-2)18-13(16)17-7-11-5-10(6-15)3-4-12(11)14;/h3-5,9H,7-8H2,1-2H3,(H3,16,17,18);1H. The number of halogens is 2. The van der Waals surface area contributed by atoms with Crippen LogP contribution < -0.4 is 11.1 Å². The van der Waals surface area contributed by atoms with Gasteiger partial charge in [0, 0.05) is 18.7 Å². The summed E-state index contributed by atoms with van der Waals surface area (Å²) in [5.41, 5.74) is 6.40. The molecule has 3 N–H and O–H groups in total. The van der Waals surface area contributed by atoms with Crippen LogP contribution in [0.4, 0.5) is 4.39 Å². The Morgan fingerprint density at radius 3 is 2.90 bits per heavy atom. The van der Waals surface area contributed by atoms with Gasteiger partial charge < -0.3 is 15.8 Å². The van der Waals surface area contributed by atoms with Crippen molar-refractivity contribution in [3.63, 3.8) is 0 Å². The van der Waals surface area contributed by atoms with E-state index in [0.717, 1.165) is 0 Å². The van der Waals surface area contributed by atoms with Crippen molar-refractivity contribution in [2.24, 2.45) is 10.7 Å². The molecule has 110 valence electrons. The molecule has 0 spiro atoms. The van der Waals surface area contributed by atoms with E-state index in [-0.39, 0.29) is 42.5 Å². The Balaban J connectivity index is 0.00000361. The monoisotopic (exact) mass is 392 g/mol. The summed E-state index contributed by atoms with van der Waals surface area (Å²) < 4.78 is 18.4. The molecule has 0 amide bonds. The van der Waals surface area contributed by atoms with E-state index < -0.39 is 5.82 Å². The molecular weight excluding hydrogens is 374 g/mol. The molecule has 1 rings (SSSR count). The minimum Gasteiger partial charge on any atom is -0.383 e. The lowest BCUT2D eigenvalue weighted by Crippen LogP contribution is -2.40. The third kappa shape index (κ3) is 6.16. The van der Waals surface area contributed by atoms with Crippen molar-refractivity contribution in [1.82, 2.24) is 5.32 Å². The third-order valence-corrected chi connectivity index (χ3v) is 2.41. The number of aliphatic imine (C=N–C) groups is 1. The van der Waals surface area contributed by atoms with Gasteiger partial charge in [-0.1, -0.05) is 0 Å². The molecule has 0 heterocycles. The molecule has 0 aliphatic carbocycles. The second-order valence-electron chi connectivity index (χ2n) is 4.12. The van der Waals surface area contributed by atoms with E-state index >= 15 is 0 Å². The summed E-state index contributed by atoms with van der Waals surface area (Å²) in [6, 6.07) is 6.11. The van der Waals surface area contributed by atoms with Crippen molar-refractivity contribution in [2.45, 2.75) is 19.5 Å². The topological polar surface area (TPSA) is 83.4 Å². The van der Waals surface area contributed by atoms with E-state index in [4.69, 9.17) is 15.7 Å². The second kappa shape index (κ2) is 9.50. The van der Waals surface area contributed by atoms with Crippen molar-refractivity contribution in [2.75, 3.05) is 13.7 Å². The number of hydrogen-bond donors (Lipinski definition) is 2. The third-order valence-electron chi connectivity index (χ3n) is 2.41. The number of guanidine groups is 1. The van der Waals surface area contributed by atoms with E-state index in [2.05, 4.69) is 10.3 Å². The first-order valence-corrected chi connectivity index (χ1v) is 5.80. The number of nitrogens with one attached hydrogen (secondary N) is 1. The second-order valence-corrected chi connectivity index (χ2v) is 4.12. The number of ether oxygens (including phenoxy) is 1. The lowest BCUT2D eigenvalue weighted by molar-refractivity contribution is 0.179. The SMILES string of the molecule is COCC(C)NC(N)=NCc1cc(C#N)ccc1F.I. The van der Waals surface area contributed by atoms with Gasteiger partial charge in [0.05, 0.1) is 24.8 Å². The highest BCUT2D eigenvalue weighted by molar-refractivity contribution is 14.0. The maximum Gasteiger partial charge on any atom is 0.189 e. The number of rotatable bonds is 5. The van der Waals surface area contributed by atoms with Gasteiger partial charge in [0.1, 0.15) is 5.82 Å². The molecule has 1 unspecified atom stereocenters. The molecule has 5 nitrogen and oxygen atoms in total. The van der Waals surface area contributed by atoms with Gasteiger partial charge in [-0.05, 0) is 25.1 Å². The molecule has 0 saturated carbocycles. The van der Waals surface area contributed by atoms with Crippen molar-refractivity contribution >= 4 is 29.9 Å². The fourth-order valence-electron chi connectivity index (χ4n) is 1.53. The van der Waals surface area contributed by atoms with Gasteiger partial charge in [-0.3, -0.25) is 0 Å². The zero-order valence-electron chi connectivity index (χ0n) is 11.4. The predicted octanol–water partition coefficient (Wildman–Crippen LogP) is 1.75. The minimum atomic E-state index is -0.402. The van der Waals surface area contributed by atoms with E-state index in [1.165, 1.54) is 18.2 Å². The van der Waals surface area contributed by atoms with Crippen LogP contribution in [-0.4, -0.2) is 25.7 Å². The highest BCUT2D eigenvalue weighted by Crippen LogP contribution is 2.11. The van der Waals surface area contributed by atoms with Crippen LogP contribution in [0.3, 0.4) is 0 Å². The molecule has 0 bridgehead atoms. The maximum atomic E-state index is 13.5. The Hall–Kier alpha value is -1.40. The average molecular weight is 392 g/mol. The molecule has 0 radical (unpaired) electrons. The number of nitrogens with two attached hydrogens (primary N) is 1. The molecule has 20 heavy (non-hydrogen) atoms. The maximum absolute atomic E-state index is 13.5. The molecule has 0 aliphatic heterocycles. The lowest BCUT2D eigenvalue weighted by Gasteiger charge is -2.13. The van der Waals surface area contributed by atoms with Gasteiger partial charge in [0.15, 0.2) is 5.96 Å². The van der Waals surface area contributed by atoms with Gasteiger partial charge in [-0.25, -0.2) is 9.38 Å². The van der Waals surface area contributed by atoms with Crippen molar-refractivity contribution in [1.29, 1.82) is 5.26 Å². The van der Waals surface area contributed by atoms with Crippen LogP contribution in [0.25, 0.3) is 0 Å². The molecular formula is C13H18FIN4O.